The molecule has 2 aromatic rings. The molecule has 0 aromatic carbocycles. The van der Waals surface area contributed by atoms with Crippen LogP contribution in [0.1, 0.15) is 18.1 Å². The van der Waals surface area contributed by atoms with Crippen LogP contribution in [0.25, 0.3) is 11.0 Å². The number of halogens is 1. The van der Waals surface area contributed by atoms with E-state index >= 15 is 0 Å². The molecule has 2 heterocycles. The SMILES string of the molecule is CCc1c(F)c2ncc(CO)cc2[nH]c1=O. The number of nitrogens with one attached hydrogen (secondary N) is 1. The number of nitrogens with zero attached hydrogens (tertiary/aromatic N) is 1. The van der Waals surface area contributed by atoms with Crippen molar-refractivity contribution in [2.24, 2.45) is 0 Å². The van der Waals surface area contributed by atoms with E-state index in [0.717, 1.165) is 0 Å². The van der Waals surface area contributed by atoms with Crippen LogP contribution in [-0.2, 0) is 13.0 Å². The molecule has 16 heavy (non-hydrogen) atoms. The normalized spacial score (nSPS) is 10.9. The summed E-state index contributed by atoms with van der Waals surface area (Å²) in [7, 11) is 0. The molecule has 0 aliphatic heterocycles. The Morgan fingerprint density at radius 1 is 1.56 bits per heavy atom. The number of fused-ring (bicyclic) bond motifs is 1. The van der Waals surface area contributed by atoms with Gasteiger partial charge in [-0.3, -0.25) is 9.78 Å². The first kappa shape index (κ1) is 10.8. The van der Waals surface area contributed by atoms with E-state index in [4.69, 9.17) is 5.11 Å². The number of aliphatic hydroxyl groups excluding tert-OH is 1. The minimum Gasteiger partial charge on any atom is -0.392 e. The average Bonchev–Trinajstić information content (AvgIpc) is 2.28. The van der Waals surface area contributed by atoms with Crippen LogP contribution in [0.15, 0.2) is 17.1 Å². The molecule has 0 unspecified atom stereocenters. The maximum atomic E-state index is 13.8. The minimum absolute atomic E-state index is 0.108. The highest BCUT2D eigenvalue weighted by Gasteiger charge is 2.12. The number of aromatic amines is 1. The predicted octanol–water partition coefficient (Wildman–Crippen LogP) is 1.12. The molecule has 5 heteroatoms. The van der Waals surface area contributed by atoms with Gasteiger partial charge in [0.05, 0.1) is 17.7 Å². The molecule has 2 aromatic heterocycles. The Kier molecular flexibility index (Phi) is 2.70. The van der Waals surface area contributed by atoms with Crippen LogP contribution in [0.3, 0.4) is 0 Å². The van der Waals surface area contributed by atoms with E-state index in [0.29, 0.717) is 17.5 Å². The largest absolute Gasteiger partial charge is 0.392 e. The number of aromatic nitrogens is 2. The molecular formula is C11H11FN2O2. The number of H-pyrrole nitrogens is 1. The van der Waals surface area contributed by atoms with Gasteiger partial charge >= 0.3 is 0 Å². The predicted molar refractivity (Wildman–Crippen MR) is 57.6 cm³/mol. The molecule has 0 amide bonds. The Balaban J connectivity index is 2.81. The first-order chi connectivity index (χ1) is 7.67. The molecule has 0 saturated carbocycles. The minimum atomic E-state index is -0.578. The fourth-order valence-electron chi connectivity index (χ4n) is 1.62. The summed E-state index contributed by atoms with van der Waals surface area (Å²) in [6.45, 7) is 1.52. The van der Waals surface area contributed by atoms with Crippen LogP contribution in [0.4, 0.5) is 4.39 Å². The number of hydrogen-bond acceptors (Lipinski definition) is 3. The van der Waals surface area contributed by atoms with Gasteiger partial charge in [-0.1, -0.05) is 6.92 Å². The van der Waals surface area contributed by atoms with Crippen molar-refractivity contribution in [1.29, 1.82) is 0 Å². The van der Waals surface area contributed by atoms with E-state index in [1.54, 1.807) is 6.92 Å². The van der Waals surface area contributed by atoms with E-state index in [1.165, 1.54) is 12.3 Å². The van der Waals surface area contributed by atoms with Gasteiger partial charge in [-0.15, -0.1) is 0 Å². The van der Waals surface area contributed by atoms with Crippen molar-refractivity contribution < 1.29 is 9.50 Å². The summed E-state index contributed by atoms with van der Waals surface area (Å²) in [6, 6.07) is 1.52. The zero-order valence-electron chi connectivity index (χ0n) is 8.75. The number of hydrogen-bond donors (Lipinski definition) is 2. The Bertz CT molecular complexity index is 592. The van der Waals surface area contributed by atoms with E-state index < -0.39 is 11.4 Å². The molecule has 0 fully saturated rings. The zero-order chi connectivity index (χ0) is 11.7. The van der Waals surface area contributed by atoms with Gasteiger partial charge in [0.2, 0.25) is 0 Å². The summed E-state index contributed by atoms with van der Waals surface area (Å²) >= 11 is 0. The fraction of sp³-hybridized carbons (Fsp3) is 0.273. The molecule has 0 saturated heterocycles. The first-order valence-corrected chi connectivity index (χ1v) is 4.97. The lowest BCUT2D eigenvalue weighted by Gasteiger charge is -2.04. The third-order valence-corrected chi connectivity index (χ3v) is 2.48. The van der Waals surface area contributed by atoms with Crippen LogP contribution in [0.5, 0.6) is 0 Å². The van der Waals surface area contributed by atoms with Gasteiger partial charge in [0.15, 0.2) is 5.82 Å². The van der Waals surface area contributed by atoms with E-state index in [1.807, 2.05) is 0 Å². The second-order valence-corrected chi connectivity index (χ2v) is 3.50. The number of pyridine rings is 2. The topological polar surface area (TPSA) is 66.0 Å². The zero-order valence-corrected chi connectivity index (χ0v) is 8.75. The Hall–Kier alpha value is -1.75. The van der Waals surface area contributed by atoms with Gasteiger partial charge in [0.25, 0.3) is 5.56 Å². The molecule has 0 aliphatic carbocycles. The van der Waals surface area contributed by atoms with Gasteiger partial charge in [0, 0.05) is 6.20 Å². The highest BCUT2D eigenvalue weighted by atomic mass is 19.1. The smallest absolute Gasteiger partial charge is 0.254 e. The van der Waals surface area contributed by atoms with Crippen LogP contribution < -0.4 is 5.56 Å². The lowest BCUT2D eigenvalue weighted by atomic mass is 10.1. The molecule has 4 nitrogen and oxygen atoms in total. The summed E-state index contributed by atoms with van der Waals surface area (Å²) in [5, 5.41) is 8.91. The van der Waals surface area contributed by atoms with Crippen molar-refractivity contribution in [3.63, 3.8) is 0 Å². The van der Waals surface area contributed by atoms with E-state index in [-0.39, 0.29) is 17.7 Å². The molecule has 0 radical (unpaired) electrons. The van der Waals surface area contributed by atoms with Gasteiger partial charge in [-0.2, -0.15) is 0 Å². The molecule has 2 rings (SSSR count). The van der Waals surface area contributed by atoms with Gasteiger partial charge in [0.1, 0.15) is 5.52 Å². The summed E-state index contributed by atoms with van der Waals surface area (Å²) < 4.78 is 13.8. The van der Waals surface area contributed by atoms with Gasteiger partial charge in [-0.25, -0.2) is 4.39 Å². The second-order valence-electron chi connectivity index (χ2n) is 3.50. The highest BCUT2D eigenvalue weighted by molar-refractivity contribution is 5.75. The van der Waals surface area contributed by atoms with Gasteiger partial charge in [-0.05, 0) is 18.1 Å². The summed E-state index contributed by atoms with van der Waals surface area (Å²) in [5.41, 5.74) is 0.646. The van der Waals surface area contributed by atoms with Crippen molar-refractivity contribution in [3.05, 3.63) is 39.6 Å². The number of rotatable bonds is 2. The van der Waals surface area contributed by atoms with E-state index in [9.17, 15) is 9.18 Å². The Morgan fingerprint density at radius 2 is 2.31 bits per heavy atom. The molecule has 0 bridgehead atoms. The van der Waals surface area contributed by atoms with Crippen molar-refractivity contribution >= 4 is 11.0 Å². The van der Waals surface area contributed by atoms with Crippen molar-refractivity contribution in [2.45, 2.75) is 20.0 Å². The second kappa shape index (κ2) is 4.02. The van der Waals surface area contributed by atoms with Crippen LogP contribution in [0.2, 0.25) is 0 Å². The van der Waals surface area contributed by atoms with Crippen LogP contribution in [0, 0.1) is 5.82 Å². The lowest BCUT2D eigenvalue weighted by molar-refractivity contribution is 0.281. The fourth-order valence-corrected chi connectivity index (χ4v) is 1.62. The summed E-state index contributed by atoms with van der Waals surface area (Å²) in [4.78, 5) is 18.0. The Morgan fingerprint density at radius 3 is 2.94 bits per heavy atom. The third-order valence-electron chi connectivity index (χ3n) is 2.48. The lowest BCUT2D eigenvalue weighted by Crippen LogP contribution is -2.15. The van der Waals surface area contributed by atoms with Crippen LogP contribution in [-0.4, -0.2) is 15.1 Å². The van der Waals surface area contributed by atoms with Crippen LogP contribution >= 0.6 is 0 Å². The molecule has 84 valence electrons. The molecule has 0 spiro atoms. The van der Waals surface area contributed by atoms with Crippen molar-refractivity contribution in [3.8, 4) is 0 Å². The van der Waals surface area contributed by atoms with Gasteiger partial charge < -0.3 is 10.1 Å². The van der Waals surface area contributed by atoms with Crippen molar-refractivity contribution in [2.75, 3.05) is 0 Å². The summed E-state index contributed by atoms with van der Waals surface area (Å²) in [6.07, 6.45) is 1.71. The third kappa shape index (κ3) is 1.59. The molecule has 0 atom stereocenters. The maximum absolute atomic E-state index is 13.8. The molecule has 0 aliphatic rings. The first-order valence-electron chi connectivity index (χ1n) is 4.97. The van der Waals surface area contributed by atoms with E-state index in [2.05, 4.69) is 9.97 Å². The molecule has 2 N–H and O–H groups in total. The Labute approximate surface area is 90.8 Å². The standard InChI is InChI=1S/C11H11FN2O2/c1-2-7-9(12)10-8(14-11(7)16)3-6(5-15)4-13-10/h3-4,15H,2,5H2,1H3,(H,14,16). The monoisotopic (exact) mass is 222 g/mol. The number of aliphatic hydroxyl groups is 1. The highest BCUT2D eigenvalue weighted by Crippen LogP contribution is 2.15. The quantitative estimate of drug-likeness (QED) is 0.800. The summed E-state index contributed by atoms with van der Waals surface area (Å²) in [5.74, 6) is -0.578. The average molecular weight is 222 g/mol. The van der Waals surface area contributed by atoms with Crippen molar-refractivity contribution in [1.82, 2.24) is 9.97 Å². The molecular weight excluding hydrogens is 211 g/mol. The maximum Gasteiger partial charge on any atom is 0.254 e.